The van der Waals surface area contributed by atoms with Crippen LogP contribution in [0.4, 0.5) is 0 Å². The van der Waals surface area contributed by atoms with Crippen molar-refractivity contribution in [3.63, 3.8) is 0 Å². The Morgan fingerprint density at radius 2 is 2.05 bits per heavy atom. The molecule has 0 amide bonds. The molecule has 0 radical (unpaired) electrons. The van der Waals surface area contributed by atoms with Crippen LogP contribution in [-0.2, 0) is 15.8 Å². The summed E-state index contributed by atoms with van der Waals surface area (Å²) in [7, 11) is -3.51. The van der Waals surface area contributed by atoms with Crippen LogP contribution in [0.5, 0.6) is 5.75 Å². The molecule has 5 nitrogen and oxygen atoms in total. The first-order chi connectivity index (χ1) is 10.1. The molecule has 1 aromatic rings. The summed E-state index contributed by atoms with van der Waals surface area (Å²) in [6.45, 7) is 9.30. The smallest absolute Gasteiger partial charge is 0.259 e. The Morgan fingerprint density at radius 1 is 1.36 bits per heavy atom. The molecule has 0 aliphatic carbocycles. The van der Waals surface area contributed by atoms with Crippen LogP contribution in [0.25, 0.3) is 0 Å². The Kier molecular flexibility index (Phi) is 4.52. The first-order valence-corrected chi connectivity index (χ1v) is 9.01. The number of sulfonamides is 1. The van der Waals surface area contributed by atoms with Gasteiger partial charge in [-0.1, -0.05) is 39.8 Å². The number of amidine groups is 1. The summed E-state index contributed by atoms with van der Waals surface area (Å²) in [6.07, 6.45) is 1.04. The topological polar surface area (TPSA) is 81.8 Å². The minimum atomic E-state index is -3.51. The maximum absolute atomic E-state index is 11.6. The van der Waals surface area contributed by atoms with E-state index in [1.54, 1.807) is 12.1 Å². The van der Waals surface area contributed by atoms with E-state index in [4.69, 9.17) is 10.5 Å². The van der Waals surface area contributed by atoms with E-state index in [0.717, 1.165) is 6.42 Å². The van der Waals surface area contributed by atoms with E-state index < -0.39 is 10.0 Å². The lowest BCUT2D eigenvalue weighted by Crippen LogP contribution is -2.25. The summed E-state index contributed by atoms with van der Waals surface area (Å²) in [4.78, 5) is 0. The van der Waals surface area contributed by atoms with Gasteiger partial charge in [0.1, 0.15) is 11.6 Å². The number of rotatable bonds is 4. The zero-order chi connectivity index (χ0) is 16.5. The van der Waals surface area contributed by atoms with Gasteiger partial charge in [0.05, 0.1) is 17.9 Å². The van der Waals surface area contributed by atoms with Crippen LogP contribution in [-0.4, -0.2) is 20.9 Å². The molecule has 1 aliphatic rings. The van der Waals surface area contributed by atoms with Gasteiger partial charge in [-0.3, -0.25) is 0 Å². The minimum Gasteiger partial charge on any atom is -0.493 e. The fraction of sp³-hybridized carbons (Fsp3) is 0.562. The molecule has 0 saturated heterocycles. The molecule has 1 aliphatic heterocycles. The molecule has 0 fully saturated rings. The van der Waals surface area contributed by atoms with Crippen molar-refractivity contribution in [1.29, 1.82) is 0 Å². The van der Waals surface area contributed by atoms with Gasteiger partial charge in [-0.25, -0.2) is 8.42 Å². The average Bonchev–Trinajstić information content (AvgIpc) is 2.32. The number of hydrogen-bond acceptors (Lipinski definition) is 4. The number of nitrogens with zero attached hydrogens (tertiary/aromatic N) is 1. The second-order valence-electron chi connectivity index (χ2n) is 7.17. The second-order valence-corrected chi connectivity index (χ2v) is 8.81. The Balaban J connectivity index is 2.18. The summed E-state index contributed by atoms with van der Waals surface area (Å²) in [5.74, 6) is 0.883. The molecule has 0 bridgehead atoms. The van der Waals surface area contributed by atoms with Crippen molar-refractivity contribution in [2.24, 2.45) is 21.5 Å². The van der Waals surface area contributed by atoms with Gasteiger partial charge in [0, 0.05) is 0 Å². The molecule has 1 aromatic carbocycles. The fourth-order valence-corrected chi connectivity index (χ4v) is 3.96. The van der Waals surface area contributed by atoms with Gasteiger partial charge < -0.3 is 10.5 Å². The first-order valence-electron chi connectivity index (χ1n) is 7.40. The number of hydrogen-bond donors (Lipinski definition) is 1. The average molecular weight is 324 g/mol. The highest BCUT2D eigenvalue weighted by atomic mass is 32.2. The molecule has 1 heterocycles. The van der Waals surface area contributed by atoms with E-state index in [1.807, 2.05) is 6.07 Å². The van der Waals surface area contributed by atoms with Crippen molar-refractivity contribution in [2.45, 2.75) is 39.9 Å². The monoisotopic (exact) mass is 324 g/mol. The van der Waals surface area contributed by atoms with E-state index in [1.165, 1.54) is 0 Å². The van der Waals surface area contributed by atoms with E-state index in [2.05, 4.69) is 32.1 Å². The third-order valence-electron chi connectivity index (χ3n) is 3.43. The third-order valence-corrected chi connectivity index (χ3v) is 4.58. The molecule has 122 valence electrons. The molecular formula is C16H24N2O3S. The molecule has 2 rings (SSSR count). The quantitative estimate of drug-likeness (QED) is 0.923. The van der Waals surface area contributed by atoms with E-state index in [9.17, 15) is 8.42 Å². The van der Waals surface area contributed by atoms with Crippen molar-refractivity contribution < 1.29 is 13.2 Å². The molecule has 0 spiro atoms. The number of nitrogens with two attached hydrogens (primary N) is 1. The highest BCUT2D eigenvalue weighted by molar-refractivity contribution is 7.89. The van der Waals surface area contributed by atoms with Gasteiger partial charge in [0.15, 0.2) is 0 Å². The zero-order valence-electron chi connectivity index (χ0n) is 13.6. The summed E-state index contributed by atoms with van der Waals surface area (Å²) in [5, 5.41) is 0. The number of fused-ring (bicyclic) bond motifs is 1. The fourth-order valence-electron chi connectivity index (χ4n) is 2.87. The summed E-state index contributed by atoms with van der Waals surface area (Å²) in [5.41, 5.74) is 7.32. The van der Waals surface area contributed by atoms with Gasteiger partial charge in [0.25, 0.3) is 10.0 Å². The number of benzene rings is 1. The normalized spacial score (nSPS) is 18.3. The lowest BCUT2D eigenvalue weighted by Gasteiger charge is -2.24. The molecule has 0 aromatic heterocycles. The lowest BCUT2D eigenvalue weighted by molar-refractivity contribution is 0.207. The van der Waals surface area contributed by atoms with Gasteiger partial charge in [-0.05, 0) is 29.4 Å². The Bertz CT molecular complexity index is 688. The van der Waals surface area contributed by atoms with Crippen molar-refractivity contribution in [3.8, 4) is 5.75 Å². The number of ether oxygens (including phenoxy) is 1. The molecule has 22 heavy (non-hydrogen) atoms. The highest BCUT2D eigenvalue weighted by Gasteiger charge is 2.25. The highest BCUT2D eigenvalue weighted by Crippen LogP contribution is 2.29. The molecule has 1 atom stereocenters. The Morgan fingerprint density at radius 3 is 2.68 bits per heavy atom. The predicted molar refractivity (Wildman–Crippen MR) is 88.5 cm³/mol. The SMILES string of the molecule is CC(COc1cccc2c1C(N)=NS(=O)(=O)C2)CC(C)(C)C. The van der Waals surface area contributed by atoms with E-state index in [0.29, 0.717) is 29.4 Å². The van der Waals surface area contributed by atoms with Gasteiger partial charge in [-0.15, -0.1) is 4.40 Å². The van der Waals surface area contributed by atoms with Crippen LogP contribution >= 0.6 is 0 Å². The molecule has 6 heteroatoms. The summed E-state index contributed by atoms with van der Waals surface area (Å²) in [6, 6.07) is 5.35. The summed E-state index contributed by atoms with van der Waals surface area (Å²) >= 11 is 0. The third kappa shape index (κ3) is 4.22. The van der Waals surface area contributed by atoms with Crippen LogP contribution in [0, 0.1) is 11.3 Å². The Hall–Kier alpha value is -1.56. The van der Waals surface area contributed by atoms with Crippen LogP contribution in [0.1, 0.15) is 45.2 Å². The Labute approximate surface area is 132 Å². The molecule has 1 unspecified atom stereocenters. The van der Waals surface area contributed by atoms with Gasteiger partial charge >= 0.3 is 0 Å². The largest absolute Gasteiger partial charge is 0.493 e. The van der Waals surface area contributed by atoms with Crippen molar-refractivity contribution in [3.05, 3.63) is 29.3 Å². The molecular weight excluding hydrogens is 300 g/mol. The summed E-state index contributed by atoms with van der Waals surface area (Å²) < 4.78 is 32.8. The predicted octanol–water partition coefficient (Wildman–Crippen LogP) is 2.69. The first kappa shape index (κ1) is 16.8. The van der Waals surface area contributed by atoms with E-state index in [-0.39, 0.29) is 17.0 Å². The minimum absolute atomic E-state index is 0.0142. The van der Waals surface area contributed by atoms with Crippen LogP contribution in [0.15, 0.2) is 22.6 Å². The maximum atomic E-state index is 11.6. The van der Waals surface area contributed by atoms with E-state index >= 15 is 0 Å². The maximum Gasteiger partial charge on any atom is 0.259 e. The van der Waals surface area contributed by atoms with Crippen LogP contribution < -0.4 is 10.5 Å². The second kappa shape index (κ2) is 5.91. The zero-order valence-corrected chi connectivity index (χ0v) is 14.4. The van der Waals surface area contributed by atoms with Crippen LogP contribution in [0.3, 0.4) is 0 Å². The van der Waals surface area contributed by atoms with Crippen molar-refractivity contribution in [1.82, 2.24) is 0 Å². The van der Waals surface area contributed by atoms with Gasteiger partial charge in [0.2, 0.25) is 0 Å². The molecule has 2 N–H and O–H groups in total. The van der Waals surface area contributed by atoms with Crippen LogP contribution in [0.2, 0.25) is 0 Å². The van der Waals surface area contributed by atoms with Crippen molar-refractivity contribution in [2.75, 3.05) is 6.61 Å². The van der Waals surface area contributed by atoms with Gasteiger partial charge in [-0.2, -0.15) is 0 Å². The van der Waals surface area contributed by atoms with Crippen molar-refractivity contribution >= 4 is 15.9 Å². The standard InChI is InChI=1S/C16H24N2O3S/c1-11(8-16(2,3)4)9-21-13-7-5-6-12-10-22(19,20)18-15(17)14(12)13/h5-7,11H,8-10H2,1-4H3,(H2,17,18). The lowest BCUT2D eigenvalue weighted by atomic mass is 9.86. The molecule has 0 saturated carbocycles.